The molecule has 2 aromatic carbocycles. The number of piperazine rings is 1. The molecule has 0 bridgehead atoms. The van der Waals surface area contributed by atoms with Gasteiger partial charge in [-0.25, -0.2) is 4.68 Å². The van der Waals surface area contributed by atoms with Crippen molar-refractivity contribution in [2.75, 3.05) is 31.1 Å². The van der Waals surface area contributed by atoms with Crippen LogP contribution in [0.3, 0.4) is 0 Å². The zero-order valence-corrected chi connectivity index (χ0v) is 19.4. The second kappa shape index (κ2) is 8.79. The van der Waals surface area contributed by atoms with Crippen molar-refractivity contribution < 1.29 is 9.21 Å². The molecule has 7 heteroatoms. The van der Waals surface area contributed by atoms with E-state index in [2.05, 4.69) is 29.2 Å². The van der Waals surface area contributed by atoms with Crippen LogP contribution < -0.4 is 4.90 Å². The Morgan fingerprint density at radius 2 is 1.79 bits per heavy atom. The Morgan fingerprint density at radius 3 is 2.52 bits per heavy atom. The van der Waals surface area contributed by atoms with Crippen molar-refractivity contribution >= 4 is 23.2 Å². The minimum absolute atomic E-state index is 0.0352. The summed E-state index contributed by atoms with van der Waals surface area (Å²) in [6, 6.07) is 19.5. The number of aryl methyl sites for hydroxylation is 2. The number of hydrogen-bond donors (Lipinski definition) is 0. The number of carbonyl (C=O) groups excluding carboxylic acids is 1. The van der Waals surface area contributed by atoms with Gasteiger partial charge in [0.2, 0.25) is 0 Å². The highest BCUT2D eigenvalue weighted by atomic mass is 35.5. The van der Waals surface area contributed by atoms with E-state index in [9.17, 15) is 4.79 Å². The first kappa shape index (κ1) is 21.3. The van der Waals surface area contributed by atoms with Crippen LogP contribution in [0.25, 0.3) is 17.1 Å². The highest BCUT2D eigenvalue weighted by Gasteiger charge is 2.27. The SMILES string of the molecule is Cc1ccc(C)c(-n2nc(-c3ccco3)cc2C(=O)N2CCN(c3cccc(Cl)c3)CC2)c1. The van der Waals surface area contributed by atoms with Crippen molar-refractivity contribution in [2.45, 2.75) is 13.8 Å². The molecule has 1 aliphatic heterocycles. The van der Waals surface area contributed by atoms with Gasteiger partial charge in [0.05, 0.1) is 12.0 Å². The number of halogens is 1. The van der Waals surface area contributed by atoms with Crippen LogP contribution in [0.15, 0.2) is 71.3 Å². The van der Waals surface area contributed by atoms with Crippen molar-refractivity contribution in [1.29, 1.82) is 0 Å². The van der Waals surface area contributed by atoms with Gasteiger partial charge in [-0.3, -0.25) is 4.79 Å². The van der Waals surface area contributed by atoms with E-state index < -0.39 is 0 Å². The third kappa shape index (κ3) is 4.26. The number of amides is 1. The molecule has 1 amide bonds. The highest BCUT2D eigenvalue weighted by molar-refractivity contribution is 6.30. The van der Waals surface area contributed by atoms with Gasteiger partial charge >= 0.3 is 0 Å². The number of benzene rings is 2. The summed E-state index contributed by atoms with van der Waals surface area (Å²) in [5, 5.41) is 5.48. The molecule has 0 N–H and O–H groups in total. The quantitative estimate of drug-likeness (QED) is 0.411. The molecule has 168 valence electrons. The topological polar surface area (TPSA) is 54.5 Å². The van der Waals surface area contributed by atoms with Gasteiger partial charge in [-0.2, -0.15) is 5.10 Å². The zero-order chi connectivity index (χ0) is 22.9. The predicted octanol–water partition coefficient (Wildman–Crippen LogP) is 5.36. The normalized spacial score (nSPS) is 14.0. The summed E-state index contributed by atoms with van der Waals surface area (Å²) in [6.45, 7) is 6.81. The minimum Gasteiger partial charge on any atom is -0.463 e. The van der Waals surface area contributed by atoms with E-state index in [1.807, 2.05) is 55.1 Å². The van der Waals surface area contributed by atoms with Gasteiger partial charge in [-0.1, -0.05) is 29.8 Å². The largest absolute Gasteiger partial charge is 0.463 e. The summed E-state index contributed by atoms with van der Waals surface area (Å²) in [7, 11) is 0. The van der Waals surface area contributed by atoms with Crippen LogP contribution >= 0.6 is 11.6 Å². The fraction of sp³-hybridized carbons (Fsp3) is 0.231. The molecule has 2 aromatic heterocycles. The highest BCUT2D eigenvalue weighted by Crippen LogP contribution is 2.26. The van der Waals surface area contributed by atoms with Crippen molar-refractivity contribution in [3.8, 4) is 17.1 Å². The molecule has 5 rings (SSSR count). The van der Waals surface area contributed by atoms with Crippen LogP contribution in [-0.4, -0.2) is 46.8 Å². The van der Waals surface area contributed by atoms with Gasteiger partial charge in [0.1, 0.15) is 11.4 Å². The molecule has 1 aliphatic rings. The number of rotatable bonds is 4. The molecule has 33 heavy (non-hydrogen) atoms. The average Bonchev–Trinajstić information content (AvgIpc) is 3.50. The molecule has 4 aromatic rings. The Bertz CT molecular complexity index is 1290. The minimum atomic E-state index is -0.0352. The van der Waals surface area contributed by atoms with E-state index in [1.54, 1.807) is 10.9 Å². The summed E-state index contributed by atoms with van der Waals surface area (Å²) in [5.74, 6) is 0.603. The van der Waals surface area contributed by atoms with E-state index in [1.165, 1.54) is 0 Å². The van der Waals surface area contributed by atoms with Crippen LogP contribution in [0, 0.1) is 13.8 Å². The summed E-state index contributed by atoms with van der Waals surface area (Å²) in [6.07, 6.45) is 1.61. The smallest absolute Gasteiger partial charge is 0.272 e. The number of aromatic nitrogens is 2. The second-order valence-electron chi connectivity index (χ2n) is 8.35. The van der Waals surface area contributed by atoms with Gasteiger partial charge in [-0.05, 0) is 61.4 Å². The number of nitrogens with zero attached hydrogens (tertiary/aromatic N) is 4. The first-order chi connectivity index (χ1) is 16.0. The number of hydrogen-bond acceptors (Lipinski definition) is 4. The molecule has 0 saturated carbocycles. The van der Waals surface area contributed by atoms with E-state index in [0.29, 0.717) is 35.3 Å². The van der Waals surface area contributed by atoms with Gasteiger partial charge in [-0.15, -0.1) is 0 Å². The molecule has 0 aliphatic carbocycles. The zero-order valence-electron chi connectivity index (χ0n) is 18.7. The lowest BCUT2D eigenvalue weighted by Crippen LogP contribution is -2.49. The van der Waals surface area contributed by atoms with Crippen LogP contribution in [-0.2, 0) is 0 Å². The maximum Gasteiger partial charge on any atom is 0.272 e. The molecule has 0 radical (unpaired) electrons. The average molecular weight is 461 g/mol. The fourth-order valence-electron chi connectivity index (χ4n) is 4.21. The Labute approximate surface area is 198 Å². The lowest BCUT2D eigenvalue weighted by molar-refractivity contribution is 0.0737. The third-order valence-electron chi connectivity index (χ3n) is 6.04. The Morgan fingerprint density at radius 1 is 0.970 bits per heavy atom. The first-order valence-electron chi connectivity index (χ1n) is 11.0. The number of anilines is 1. The molecule has 1 fully saturated rings. The lowest BCUT2D eigenvalue weighted by atomic mass is 10.1. The maximum atomic E-state index is 13.7. The van der Waals surface area contributed by atoms with Crippen molar-refractivity contribution in [3.63, 3.8) is 0 Å². The van der Waals surface area contributed by atoms with E-state index >= 15 is 0 Å². The van der Waals surface area contributed by atoms with Crippen molar-refractivity contribution in [2.24, 2.45) is 0 Å². The summed E-state index contributed by atoms with van der Waals surface area (Å²) in [4.78, 5) is 17.8. The van der Waals surface area contributed by atoms with Crippen LogP contribution in [0.4, 0.5) is 5.69 Å². The van der Waals surface area contributed by atoms with Crippen molar-refractivity contribution in [3.05, 3.63) is 88.8 Å². The second-order valence-corrected chi connectivity index (χ2v) is 8.79. The monoisotopic (exact) mass is 460 g/mol. The summed E-state index contributed by atoms with van der Waals surface area (Å²) in [5.41, 5.74) is 5.31. The third-order valence-corrected chi connectivity index (χ3v) is 6.27. The van der Waals surface area contributed by atoms with E-state index in [4.69, 9.17) is 21.1 Å². The molecule has 0 spiro atoms. The molecule has 0 unspecified atom stereocenters. The Hall–Kier alpha value is -3.51. The van der Waals surface area contributed by atoms with Gasteiger partial charge in [0, 0.05) is 43.0 Å². The van der Waals surface area contributed by atoms with Gasteiger partial charge in [0.25, 0.3) is 5.91 Å². The molecule has 0 atom stereocenters. The Kier molecular flexibility index (Phi) is 5.68. The molecule has 3 heterocycles. The van der Waals surface area contributed by atoms with Gasteiger partial charge in [0.15, 0.2) is 5.76 Å². The predicted molar refractivity (Wildman–Crippen MR) is 130 cm³/mol. The van der Waals surface area contributed by atoms with Crippen LogP contribution in [0.5, 0.6) is 0 Å². The first-order valence-corrected chi connectivity index (χ1v) is 11.4. The lowest BCUT2D eigenvalue weighted by Gasteiger charge is -2.36. The number of furan rings is 1. The Balaban J connectivity index is 1.44. The number of carbonyl (C=O) groups is 1. The van der Waals surface area contributed by atoms with E-state index in [0.717, 1.165) is 35.6 Å². The van der Waals surface area contributed by atoms with Crippen molar-refractivity contribution in [1.82, 2.24) is 14.7 Å². The van der Waals surface area contributed by atoms with E-state index in [-0.39, 0.29) is 5.91 Å². The molecular weight excluding hydrogens is 436 g/mol. The summed E-state index contributed by atoms with van der Waals surface area (Å²) < 4.78 is 7.31. The molecule has 1 saturated heterocycles. The van der Waals surface area contributed by atoms with Gasteiger partial charge < -0.3 is 14.2 Å². The fourth-order valence-corrected chi connectivity index (χ4v) is 4.40. The molecule has 6 nitrogen and oxygen atoms in total. The standard InChI is InChI=1S/C26H25ClN4O2/c1-18-8-9-19(2)23(15-18)31-24(17-22(28-31)25-7-4-14-33-25)26(32)30-12-10-29(11-13-30)21-6-3-5-20(27)16-21/h3-9,14-17H,10-13H2,1-2H3. The maximum absolute atomic E-state index is 13.7. The molecular formula is C26H25ClN4O2. The van der Waals surface area contributed by atoms with Crippen LogP contribution in [0.2, 0.25) is 5.02 Å². The van der Waals surface area contributed by atoms with Crippen LogP contribution in [0.1, 0.15) is 21.6 Å². The summed E-state index contributed by atoms with van der Waals surface area (Å²) >= 11 is 6.16.